The highest BCUT2D eigenvalue weighted by atomic mass is 16.3. The number of nitrogens with zero attached hydrogens (tertiary/aromatic N) is 3. The van der Waals surface area contributed by atoms with Crippen molar-refractivity contribution < 1.29 is 5.11 Å². The van der Waals surface area contributed by atoms with Gasteiger partial charge in [-0.15, -0.1) is 0 Å². The molecule has 1 saturated heterocycles. The van der Waals surface area contributed by atoms with Crippen molar-refractivity contribution in [3.63, 3.8) is 0 Å². The summed E-state index contributed by atoms with van der Waals surface area (Å²) in [4.78, 5) is 5.98. The van der Waals surface area contributed by atoms with Gasteiger partial charge in [0.05, 0.1) is 11.8 Å². The number of aliphatic hydroxyl groups is 1. The lowest BCUT2D eigenvalue weighted by Crippen LogP contribution is -2.22. The summed E-state index contributed by atoms with van der Waals surface area (Å²) in [5, 5.41) is 18.2. The average Bonchev–Trinajstić information content (AvgIpc) is 2.65. The number of aromatic nitrogens is 1. The monoisotopic (exact) mass is 189 g/mol. The maximum atomic E-state index is 9.38. The Bertz CT molecular complexity index is 372. The van der Waals surface area contributed by atoms with Crippen molar-refractivity contribution in [2.45, 2.75) is 12.5 Å². The van der Waals surface area contributed by atoms with Gasteiger partial charge < -0.3 is 10.0 Å². The third-order valence-corrected chi connectivity index (χ3v) is 2.40. The molecule has 0 saturated carbocycles. The molecule has 1 unspecified atom stereocenters. The first kappa shape index (κ1) is 8.97. The van der Waals surface area contributed by atoms with E-state index in [1.165, 1.54) is 0 Å². The van der Waals surface area contributed by atoms with Crippen molar-refractivity contribution in [1.82, 2.24) is 4.98 Å². The molecule has 2 heterocycles. The Morgan fingerprint density at radius 2 is 2.50 bits per heavy atom. The number of hydrogen-bond donors (Lipinski definition) is 1. The van der Waals surface area contributed by atoms with Crippen molar-refractivity contribution in [3.05, 3.63) is 24.0 Å². The molecule has 0 aromatic carbocycles. The van der Waals surface area contributed by atoms with E-state index in [0.29, 0.717) is 12.2 Å². The van der Waals surface area contributed by atoms with Gasteiger partial charge in [0, 0.05) is 19.3 Å². The molecule has 0 aliphatic carbocycles. The third kappa shape index (κ3) is 1.54. The van der Waals surface area contributed by atoms with E-state index in [0.717, 1.165) is 18.7 Å². The summed E-state index contributed by atoms with van der Waals surface area (Å²) in [6.07, 6.45) is 2.09. The minimum Gasteiger partial charge on any atom is -0.391 e. The molecule has 72 valence electrons. The molecule has 0 bridgehead atoms. The summed E-state index contributed by atoms with van der Waals surface area (Å²) < 4.78 is 0. The average molecular weight is 189 g/mol. The zero-order valence-electron chi connectivity index (χ0n) is 7.72. The smallest absolute Gasteiger partial charge is 0.163 e. The molecule has 4 heteroatoms. The van der Waals surface area contributed by atoms with Crippen LogP contribution in [0.25, 0.3) is 0 Å². The minimum atomic E-state index is -0.276. The predicted molar refractivity (Wildman–Crippen MR) is 51.8 cm³/mol. The summed E-state index contributed by atoms with van der Waals surface area (Å²) >= 11 is 0. The lowest BCUT2D eigenvalue weighted by molar-refractivity contribution is 0.198. The van der Waals surface area contributed by atoms with Crippen molar-refractivity contribution in [3.8, 4) is 6.07 Å². The molecular formula is C10H11N3O. The molecule has 2 rings (SSSR count). The van der Waals surface area contributed by atoms with Crippen LogP contribution in [0.5, 0.6) is 0 Å². The molecule has 1 N–H and O–H groups in total. The first-order valence-corrected chi connectivity index (χ1v) is 4.59. The van der Waals surface area contributed by atoms with Gasteiger partial charge in [-0.1, -0.05) is 0 Å². The fourth-order valence-corrected chi connectivity index (χ4v) is 1.70. The van der Waals surface area contributed by atoms with E-state index in [2.05, 4.69) is 11.1 Å². The molecule has 1 fully saturated rings. The second-order valence-electron chi connectivity index (χ2n) is 3.37. The Morgan fingerprint density at radius 3 is 3.14 bits per heavy atom. The number of hydrogen-bond acceptors (Lipinski definition) is 4. The maximum Gasteiger partial charge on any atom is 0.163 e. The summed E-state index contributed by atoms with van der Waals surface area (Å²) in [6.45, 7) is 1.39. The maximum absolute atomic E-state index is 9.38. The van der Waals surface area contributed by atoms with Gasteiger partial charge in [-0.05, 0) is 18.6 Å². The Balaban J connectivity index is 2.28. The van der Waals surface area contributed by atoms with Gasteiger partial charge in [0.2, 0.25) is 0 Å². The van der Waals surface area contributed by atoms with E-state index in [1.54, 1.807) is 12.3 Å². The van der Waals surface area contributed by atoms with E-state index in [-0.39, 0.29) is 6.10 Å². The highest BCUT2D eigenvalue weighted by Crippen LogP contribution is 2.22. The Hall–Kier alpha value is -1.60. The van der Waals surface area contributed by atoms with Gasteiger partial charge in [-0.3, -0.25) is 0 Å². The molecule has 0 radical (unpaired) electrons. The molecule has 1 aliphatic rings. The Kier molecular flexibility index (Phi) is 2.33. The summed E-state index contributed by atoms with van der Waals surface area (Å²) in [6, 6.07) is 5.72. The van der Waals surface area contributed by atoms with Gasteiger partial charge in [0.25, 0.3) is 0 Å². The van der Waals surface area contributed by atoms with Crippen LogP contribution in [0.2, 0.25) is 0 Å². The highest BCUT2D eigenvalue weighted by molar-refractivity contribution is 5.56. The number of pyridine rings is 1. The molecule has 1 aromatic rings. The van der Waals surface area contributed by atoms with Crippen molar-refractivity contribution in [2.24, 2.45) is 0 Å². The lowest BCUT2D eigenvalue weighted by Gasteiger charge is -2.17. The second kappa shape index (κ2) is 3.64. The number of anilines is 1. The molecule has 0 spiro atoms. The SMILES string of the molecule is N#Cc1ncccc1N1CCC(O)C1. The third-order valence-electron chi connectivity index (χ3n) is 2.40. The molecule has 0 amide bonds. The molecule has 1 atom stereocenters. The minimum absolute atomic E-state index is 0.276. The van der Waals surface area contributed by atoms with Crippen molar-refractivity contribution in [2.75, 3.05) is 18.0 Å². The second-order valence-corrected chi connectivity index (χ2v) is 3.37. The molecule has 1 aromatic heterocycles. The summed E-state index contributed by atoms with van der Waals surface area (Å²) in [7, 11) is 0. The van der Waals surface area contributed by atoms with Crippen LogP contribution in [0.15, 0.2) is 18.3 Å². The summed E-state index contributed by atoms with van der Waals surface area (Å²) in [5.41, 5.74) is 1.26. The van der Waals surface area contributed by atoms with Gasteiger partial charge in [0.1, 0.15) is 6.07 Å². The quantitative estimate of drug-likeness (QED) is 0.699. The van der Waals surface area contributed by atoms with Crippen LogP contribution in [0.1, 0.15) is 12.1 Å². The fraction of sp³-hybridized carbons (Fsp3) is 0.400. The van der Waals surface area contributed by atoms with Crippen LogP contribution in [-0.4, -0.2) is 29.3 Å². The van der Waals surface area contributed by atoms with Gasteiger partial charge in [0.15, 0.2) is 5.69 Å². The van der Waals surface area contributed by atoms with E-state index < -0.39 is 0 Å². The molecule has 1 aliphatic heterocycles. The molecular weight excluding hydrogens is 178 g/mol. The van der Waals surface area contributed by atoms with E-state index in [1.807, 2.05) is 11.0 Å². The van der Waals surface area contributed by atoms with E-state index in [9.17, 15) is 5.11 Å². The first-order valence-electron chi connectivity index (χ1n) is 4.59. The lowest BCUT2D eigenvalue weighted by atomic mass is 10.3. The molecule has 14 heavy (non-hydrogen) atoms. The molecule has 4 nitrogen and oxygen atoms in total. The van der Waals surface area contributed by atoms with E-state index >= 15 is 0 Å². The fourth-order valence-electron chi connectivity index (χ4n) is 1.70. The van der Waals surface area contributed by atoms with Crippen molar-refractivity contribution >= 4 is 5.69 Å². The van der Waals surface area contributed by atoms with Gasteiger partial charge >= 0.3 is 0 Å². The Morgan fingerprint density at radius 1 is 1.64 bits per heavy atom. The van der Waals surface area contributed by atoms with Crippen LogP contribution < -0.4 is 4.90 Å². The predicted octanol–water partition coefficient (Wildman–Crippen LogP) is 0.524. The summed E-state index contributed by atoms with van der Waals surface area (Å²) in [5.74, 6) is 0. The first-order chi connectivity index (χ1) is 6.81. The van der Waals surface area contributed by atoms with Crippen LogP contribution in [0.3, 0.4) is 0 Å². The zero-order valence-corrected chi connectivity index (χ0v) is 7.72. The number of aliphatic hydroxyl groups excluding tert-OH is 1. The topological polar surface area (TPSA) is 60.2 Å². The van der Waals surface area contributed by atoms with Crippen LogP contribution in [-0.2, 0) is 0 Å². The standard InChI is InChI=1S/C10H11N3O/c11-6-9-10(2-1-4-12-9)13-5-3-8(14)7-13/h1-2,4,8,14H,3,5,7H2. The normalized spacial score (nSPS) is 20.9. The number of nitriles is 1. The highest BCUT2D eigenvalue weighted by Gasteiger charge is 2.22. The van der Waals surface area contributed by atoms with Crippen LogP contribution in [0, 0.1) is 11.3 Å². The van der Waals surface area contributed by atoms with Crippen LogP contribution in [0.4, 0.5) is 5.69 Å². The number of rotatable bonds is 1. The van der Waals surface area contributed by atoms with E-state index in [4.69, 9.17) is 5.26 Å². The van der Waals surface area contributed by atoms with Gasteiger partial charge in [-0.2, -0.15) is 5.26 Å². The largest absolute Gasteiger partial charge is 0.391 e. The van der Waals surface area contributed by atoms with Crippen LogP contribution >= 0.6 is 0 Å². The van der Waals surface area contributed by atoms with Crippen molar-refractivity contribution in [1.29, 1.82) is 5.26 Å². The number of β-amino-alcohol motifs (C(OH)–C–C–N with tert-alkyl or cyclic N) is 1. The zero-order chi connectivity index (χ0) is 9.97. The van der Waals surface area contributed by atoms with Gasteiger partial charge in [-0.25, -0.2) is 4.98 Å². The Labute approximate surface area is 82.4 Å².